The number of nitrogens with zero attached hydrogens (tertiary/aromatic N) is 4. The van der Waals surface area contributed by atoms with E-state index in [1.165, 1.54) is 0 Å². The van der Waals surface area contributed by atoms with Crippen molar-refractivity contribution in [3.63, 3.8) is 0 Å². The fourth-order valence-corrected chi connectivity index (χ4v) is 3.55. The zero-order valence-electron chi connectivity index (χ0n) is 16.9. The highest BCUT2D eigenvalue weighted by atomic mass is 16.1. The first kappa shape index (κ1) is 18.7. The van der Waals surface area contributed by atoms with Crippen molar-refractivity contribution in [3.05, 3.63) is 102 Å². The maximum Gasteiger partial charge on any atom is 0.257 e. The average molecular weight is 405 g/mol. The first-order valence-corrected chi connectivity index (χ1v) is 9.94. The molecule has 5 aromatic rings. The highest BCUT2D eigenvalue weighted by molar-refractivity contribution is 6.13. The summed E-state index contributed by atoms with van der Waals surface area (Å²) in [5, 5.41) is 8.28. The fourth-order valence-electron chi connectivity index (χ4n) is 3.55. The number of hydrogen-bond donors (Lipinski definition) is 1. The smallest absolute Gasteiger partial charge is 0.257 e. The number of carbonyl (C=O) groups excluding carboxylic acids is 1. The third-order valence-electron chi connectivity index (χ3n) is 4.97. The number of fused-ring (bicyclic) bond motifs is 1. The molecule has 3 aromatic heterocycles. The molecule has 3 heterocycles. The van der Waals surface area contributed by atoms with Crippen LogP contribution >= 0.6 is 0 Å². The molecule has 0 aliphatic carbocycles. The van der Waals surface area contributed by atoms with Crippen LogP contribution in [0.2, 0.25) is 0 Å². The second-order valence-electron chi connectivity index (χ2n) is 7.16. The SMILES string of the molecule is Cc1cc(NC(=O)c2cc(-c3ccccc3)nc3ccccc23)n(-c2ccccn2)n1. The Kier molecular flexibility index (Phi) is 4.72. The molecule has 0 aliphatic heterocycles. The van der Waals surface area contributed by atoms with Crippen molar-refractivity contribution >= 4 is 22.6 Å². The zero-order chi connectivity index (χ0) is 21.2. The number of hydrogen-bond acceptors (Lipinski definition) is 4. The molecule has 0 radical (unpaired) electrons. The van der Waals surface area contributed by atoms with E-state index in [2.05, 4.69) is 15.4 Å². The predicted octanol–water partition coefficient (Wildman–Crippen LogP) is 5.04. The van der Waals surface area contributed by atoms with E-state index in [4.69, 9.17) is 4.98 Å². The van der Waals surface area contributed by atoms with Crippen LogP contribution in [0.25, 0.3) is 28.0 Å². The minimum absolute atomic E-state index is 0.229. The number of aromatic nitrogens is 4. The fraction of sp³-hybridized carbons (Fsp3) is 0.0400. The third-order valence-corrected chi connectivity index (χ3v) is 4.97. The molecule has 0 atom stereocenters. The van der Waals surface area contributed by atoms with Crippen molar-refractivity contribution in [2.24, 2.45) is 0 Å². The molecule has 6 nitrogen and oxygen atoms in total. The predicted molar refractivity (Wildman–Crippen MR) is 121 cm³/mol. The van der Waals surface area contributed by atoms with Crippen molar-refractivity contribution in [1.82, 2.24) is 19.7 Å². The maximum absolute atomic E-state index is 13.4. The Balaban J connectivity index is 1.58. The van der Waals surface area contributed by atoms with Crippen LogP contribution in [-0.2, 0) is 0 Å². The molecule has 5 rings (SSSR count). The Bertz CT molecular complexity index is 1380. The minimum Gasteiger partial charge on any atom is -0.306 e. The molecule has 0 bridgehead atoms. The Morgan fingerprint density at radius 1 is 0.903 bits per heavy atom. The van der Waals surface area contributed by atoms with Gasteiger partial charge in [-0.1, -0.05) is 54.6 Å². The number of benzene rings is 2. The van der Waals surface area contributed by atoms with Crippen molar-refractivity contribution in [1.29, 1.82) is 0 Å². The molecule has 0 saturated carbocycles. The lowest BCUT2D eigenvalue weighted by molar-refractivity contribution is 0.102. The lowest BCUT2D eigenvalue weighted by Gasteiger charge is -2.11. The lowest BCUT2D eigenvalue weighted by Crippen LogP contribution is -2.16. The normalized spacial score (nSPS) is 10.9. The van der Waals surface area contributed by atoms with E-state index in [0.717, 1.165) is 27.9 Å². The molecule has 0 aliphatic rings. The number of aryl methyl sites for hydroxylation is 1. The van der Waals surface area contributed by atoms with Crippen LogP contribution < -0.4 is 5.32 Å². The van der Waals surface area contributed by atoms with Gasteiger partial charge in [0.05, 0.1) is 22.5 Å². The molecule has 150 valence electrons. The molecule has 2 aromatic carbocycles. The van der Waals surface area contributed by atoms with Crippen LogP contribution in [0.15, 0.2) is 91.1 Å². The second kappa shape index (κ2) is 7.84. The van der Waals surface area contributed by atoms with Gasteiger partial charge < -0.3 is 5.32 Å². The number of amides is 1. The molecule has 0 unspecified atom stereocenters. The molecular formula is C25H19N5O. The highest BCUT2D eigenvalue weighted by Crippen LogP contribution is 2.26. The standard InChI is InChI=1S/C25H19N5O/c1-17-15-24(30(29-17)23-13-7-8-14-26-23)28-25(31)20-16-22(18-9-3-2-4-10-18)27-21-12-6-5-11-19(20)21/h2-16H,1H3,(H,28,31). The molecule has 1 amide bonds. The first-order valence-electron chi connectivity index (χ1n) is 9.94. The van der Waals surface area contributed by atoms with Gasteiger partial charge in [0.1, 0.15) is 5.82 Å². The first-order chi connectivity index (χ1) is 15.2. The van der Waals surface area contributed by atoms with Gasteiger partial charge in [0, 0.05) is 23.2 Å². The van der Waals surface area contributed by atoms with E-state index in [9.17, 15) is 4.79 Å². The van der Waals surface area contributed by atoms with E-state index in [0.29, 0.717) is 17.2 Å². The molecule has 1 N–H and O–H groups in total. The topological polar surface area (TPSA) is 72.7 Å². The summed E-state index contributed by atoms with van der Waals surface area (Å²) in [4.78, 5) is 22.5. The van der Waals surface area contributed by atoms with Gasteiger partial charge in [-0.25, -0.2) is 9.97 Å². The van der Waals surface area contributed by atoms with E-state index in [1.807, 2.05) is 91.9 Å². The number of carbonyl (C=O) groups is 1. The quantitative estimate of drug-likeness (QED) is 0.454. The Morgan fingerprint density at radius 3 is 2.48 bits per heavy atom. The van der Waals surface area contributed by atoms with E-state index in [1.54, 1.807) is 10.9 Å². The van der Waals surface area contributed by atoms with Crippen molar-refractivity contribution < 1.29 is 4.79 Å². The number of rotatable bonds is 4. The molecule has 0 spiro atoms. The molecular weight excluding hydrogens is 386 g/mol. The van der Waals surface area contributed by atoms with Crippen LogP contribution in [-0.4, -0.2) is 25.7 Å². The van der Waals surface area contributed by atoms with Gasteiger partial charge in [0.25, 0.3) is 5.91 Å². The summed E-state index contributed by atoms with van der Waals surface area (Å²) in [5.41, 5.74) is 3.81. The van der Waals surface area contributed by atoms with E-state index >= 15 is 0 Å². The van der Waals surface area contributed by atoms with Gasteiger partial charge in [0.15, 0.2) is 5.82 Å². The molecule has 6 heteroatoms. The van der Waals surface area contributed by atoms with Gasteiger partial charge in [-0.3, -0.25) is 4.79 Å². The van der Waals surface area contributed by atoms with E-state index < -0.39 is 0 Å². The Morgan fingerprint density at radius 2 is 1.68 bits per heavy atom. The van der Waals surface area contributed by atoms with Crippen molar-refractivity contribution in [3.8, 4) is 17.1 Å². The summed E-state index contributed by atoms with van der Waals surface area (Å²) >= 11 is 0. The number of nitrogens with one attached hydrogen (secondary N) is 1. The average Bonchev–Trinajstić information content (AvgIpc) is 3.19. The maximum atomic E-state index is 13.4. The van der Waals surface area contributed by atoms with Gasteiger partial charge >= 0.3 is 0 Å². The van der Waals surface area contributed by atoms with Crippen LogP contribution in [0, 0.1) is 6.92 Å². The summed E-state index contributed by atoms with van der Waals surface area (Å²) < 4.78 is 1.63. The largest absolute Gasteiger partial charge is 0.306 e. The monoisotopic (exact) mass is 405 g/mol. The van der Waals surface area contributed by atoms with Crippen molar-refractivity contribution in [2.45, 2.75) is 6.92 Å². The number of pyridine rings is 2. The summed E-state index contributed by atoms with van der Waals surface area (Å²) in [6.07, 6.45) is 1.69. The minimum atomic E-state index is -0.229. The van der Waals surface area contributed by atoms with Crippen LogP contribution in [0.3, 0.4) is 0 Å². The zero-order valence-corrected chi connectivity index (χ0v) is 16.9. The third kappa shape index (κ3) is 3.67. The Hall–Kier alpha value is -4.32. The summed E-state index contributed by atoms with van der Waals surface area (Å²) in [6, 6.07) is 26.7. The van der Waals surface area contributed by atoms with Crippen molar-refractivity contribution in [2.75, 3.05) is 5.32 Å². The summed E-state index contributed by atoms with van der Waals surface area (Å²) in [7, 11) is 0. The summed E-state index contributed by atoms with van der Waals surface area (Å²) in [6.45, 7) is 1.88. The van der Waals surface area contributed by atoms with Gasteiger partial charge in [-0.15, -0.1) is 0 Å². The van der Waals surface area contributed by atoms with Crippen LogP contribution in [0.4, 0.5) is 5.82 Å². The van der Waals surface area contributed by atoms with Gasteiger partial charge in [-0.2, -0.15) is 9.78 Å². The van der Waals surface area contributed by atoms with Gasteiger partial charge in [-0.05, 0) is 31.2 Å². The highest BCUT2D eigenvalue weighted by Gasteiger charge is 2.17. The number of anilines is 1. The van der Waals surface area contributed by atoms with Gasteiger partial charge in [0.2, 0.25) is 0 Å². The van der Waals surface area contributed by atoms with E-state index in [-0.39, 0.29) is 5.91 Å². The number of para-hydroxylation sites is 1. The Labute approximate surface area is 179 Å². The van der Waals surface area contributed by atoms with Crippen LogP contribution in [0.5, 0.6) is 0 Å². The van der Waals surface area contributed by atoms with Crippen LogP contribution in [0.1, 0.15) is 16.1 Å². The molecule has 31 heavy (non-hydrogen) atoms. The molecule has 0 saturated heterocycles. The summed E-state index contributed by atoms with van der Waals surface area (Å²) in [5.74, 6) is 0.965. The molecule has 0 fully saturated rings. The lowest BCUT2D eigenvalue weighted by atomic mass is 10.0. The second-order valence-corrected chi connectivity index (χ2v) is 7.16.